The maximum atomic E-state index is 11.1. The number of aromatic nitrogens is 2. The zero-order valence-electron chi connectivity index (χ0n) is 11.9. The highest BCUT2D eigenvalue weighted by atomic mass is 16.5. The van der Waals surface area contributed by atoms with E-state index in [1.807, 2.05) is 20.8 Å². The van der Waals surface area contributed by atoms with E-state index in [2.05, 4.69) is 9.97 Å². The van der Waals surface area contributed by atoms with Gasteiger partial charge in [-0.3, -0.25) is 0 Å². The zero-order chi connectivity index (χ0) is 14.6. The van der Waals surface area contributed by atoms with Crippen molar-refractivity contribution in [3.63, 3.8) is 0 Å². The Balaban J connectivity index is 3.38. The Morgan fingerprint density at radius 3 is 2.26 bits per heavy atom. The van der Waals surface area contributed by atoms with Gasteiger partial charge in [0.1, 0.15) is 17.0 Å². The van der Waals surface area contributed by atoms with E-state index in [0.717, 1.165) is 0 Å². The average molecular weight is 267 g/mol. The molecule has 1 aromatic heterocycles. The number of aromatic carboxylic acids is 1. The molecule has 0 unspecified atom stereocenters. The lowest BCUT2D eigenvalue weighted by molar-refractivity contribution is -0.0571. The number of nitrogen functional groups attached to an aromatic ring is 1. The van der Waals surface area contributed by atoms with Crippen molar-refractivity contribution in [2.75, 3.05) is 12.3 Å². The van der Waals surface area contributed by atoms with Crippen molar-refractivity contribution in [2.24, 2.45) is 0 Å². The standard InChI is InChI=1S/C13H21N3O3/c1-5-13(6-2,19-7-3)12-15-8(4)9(11(17)18)10(14)16-12/h5-7H2,1-4H3,(H,17,18)(H2,14,15,16). The average Bonchev–Trinajstić information content (AvgIpc) is 2.34. The van der Waals surface area contributed by atoms with Gasteiger partial charge in [-0.05, 0) is 26.7 Å². The number of carboxylic acids is 1. The first-order chi connectivity index (χ1) is 8.91. The summed E-state index contributed by atoms with van der Waals surface area (Å²) >= 11 is 0. The molecule has 1 heterocycles. The van der Waals surface area contributed by atoms with Crippen LogP contribution in [0.15, 0.2) is 0 Å². The molecular formula is C13H21N3O3. The highest BCUT2D eigenvalue weighted by Crippen LogP contribution is 2.32. The van der Waals surface area contributed by atoms with Gasteiger partial charge >= 0.3 is 5.97 Å². The fourth-order valence-corrected chi connectivity index (χ4v) is 2.17. The van der Waals surface area contributed by atoms with E-state index in [1.165, 1.54) is 0 Å². The number of aryl methyl sites for hydroxylation is 1. The van der Waals surface area contributed by atoms with Gasteiger partial charge in [-0.2, -0.15) is 0 Å². The summed E-state index contributed by atoms with van der Waals surface area (Å²) in [6.45, 7) is 8.03. The van der Waals surface area contributed by atoms with Crippen LogP contribution in [0.5, 0.6) is 0 Å². The van der Waals surface area contributed by atoms with Gasteiger partial charge in [-0.1, -0.05) is 13.8 Å². The molecule has 6 heteroatoms. The molecule has 0 aromatic carbocycles. The molecule has 3 N–H and O–H groups in total. The molecule has 1 rings (SSSR count). The minimum absolute atomic E-state index is 0.0130. The molecule has 19 heavy (non-hydrogen) atoms. The van der Waals surface area contributed by atoms with E-state index in [-0.39, 0.29) is 11.4 Å². The minimum atomic E-state index is -1.11. The van der Waals surface area contributed by atoms with Crippen molar-refractivity contribution in [1.29, 1.82) is 0 Å². The first-order valence-corrected chi connectivity index (χ1v) is 6.43. The van der Waals surface area contributed by atoms with Crippen LogP contribution in [0.3, 0.4) is 0 Å². The van der Waals surface area contributed by atoms with E-state index < -0.39 is 11.6 Å². The van der Waals surface area contributed by atoms with Crippen LogP contribution in [0.25, 0.3) is 0 Å². The van der Waals surface area contributed by atoms with Gasteiger partial charge in [-0.25, -0.2) is 14.8 Å². The summed E-state index contributed by atoms with van der Waals surface area (Å²) in [6, 6.07) is 0. The third-order valence-corrected chi connectivity index (χ3v) is 3.30. The largest absolute Gasteiger partial charge is 0.477 e. The molecule has 0 bridgehead atoms. The summed E-state index contributed by atoms with van der Waals surface area (Å²) in [5, 5.41) is 9.07. The summed E-state index contributed by atoms with van der Waals surface area (Å²) in [4.78, 5) is 19.5. The minimum Gasteiger partial charge on any atom is -0.477 e. The molecule has 0 spiro atoms. The number of carbonyl (C=O) groups is 1. The summed E-state index contributed by atoms with van der Waals surface area (Å²) < 4.78 is 5.80. The molecule has 0 saturated heterocycles. The number of hydrogen-bond donors (Lipinski definition) is 2. The second kappa shape index (κ2) is 5.97. The van der Waals surface area contributed by atoms with Crippen molar-refractivity contribution >= 4 is 11.8 Å². The Kier molecular flexibility index (Phi) is 4.83. The van der Waals surface area contributed by atoms with Gasteiger partial charge in [0.25, 0.3) is 0 Å². The number of ether oxygens (including phenoxy) is 1. The molecule has 6 nitrogen and oxygen atoms in total. The van der Waals surface area contributed by atoms with Gasteiger partial charge in [-0.15, -0.1) is 0 Å². The number of nitrogens with zero attached hydrogens (tertiary/aromatic N) is 2. The van der Waals surface area contributed by atoms with E-state index in [1.54, 1.807) is 6.92 Å². The molecule has 0 saturated carbocycles. The van der Waals surface area contributed by atoms with Crippen LogP contribution < -0.4 is 5.73 Å². The normalized spacial score (nSPS) is 11.6. The monoisotopic (exact) mass is 267 g/mol. The Hall–Kier alpha value is -1.69. The Bertz CT molecular complexity index is 447. The summed E-state index contributed by atoms with van der Waals surface area (Å²) in [6.07, 6.45) is 1.39. The molecule has 0 atom stereocenters. The van der Waals surface area contributed by atoms with E-state index >= 15 is 0 Å². The van der Waals surface area contributed by atoms with Crippen molar-refractivity contribution in [1.82, 2.24) is 9.97 Å². The van der Waals surface area contributed by atoms with Crippen LogP contribution >= 0.6 is 0 Å². The van der Waals surface area contributed by atoms with E-state index in [9.17, 15) is 4.79 Å². The predicted octanol–water partition coefficient (Wildman–Crippen LogP) is 2.12. The molecule has 0 fully saturated rings. The Morgan fingerprint density at radius 2 is 1.89 bits per heavy atom. The number of nitrogens with two attached hydrogens (primary N) is 1. The number of anilines is 1. The fourth-order valence-electron chi connectivity index (χ4n) is 2.17. The van der Waals surface area contributed by atoms with Crippen molar-refractivity contribution < 1.29 is 14.6 Å². The van der Waals surface area contributed by atoms with Gasteiger partial charge in [0.15, 0.2) is 5.82 Å². The zero-order valence-corrected chi connectivity index (χ0v) is 11.9. The number of carboxylic acid groups (broad SMARTS) is 1. The fraction of sp³-hybridized carbons (Fsp3) is 0.615. The van der Waals surface area contributed by atoms with Gasteiger partial charge in [0.05, 0.1) is 5.69 Å². The molecule has 0 aliphatic rings. The molecular weight excluding hydrogens is 246 g/mol. The van der Waals surface area contributed by atoms with Crippen LogP contribution in [0.2, 0.25) is 0 Å². The molecule has 1 aromatic rings. The topological polar surface area (TPSA) is 98.3 Å². The van der Waals surface area contributed by atoms with Crippen LogP contribution in [0.1, 0.15) is 55.5 Å². The van der Waals surface area contributed by atoms with Gasteiger partial charge in [0.2, 0.25) is 0 Å². The molecule has 0 aliphatic heterocycles. The third kappa shape index (κ3) is 2.84. The molecule has 0 amide bonds. The van der Waals surface area contributed by atoms with E-state index in [0.29, 0.717) is 31.0 Å². The van der Waals surface area contributed by atoms with Crippen LogP contribution in [-0.4, -0.2) is 27.7 Å². The second-order valence-corrected chi connectivity index (χ2v) is 4.33. The lowest BCUT2D eigenvalue weighted by Crippen LogP contribution is -2.32. The van der Waals surface area contributed by atoms with Crippen molar-refractivity contribution in [2.45, 2.75) is 46.1 Å². The third-order valence-electron chi connectivity index (χ3n) is 3.30. The first-order valence-electron chi connectivity index (χ1n) is 6.43. The number of hydrogen-bond acceptors (Lipinski definition) is 5. The Labute approximate surface area is 113 Å². The first kappa shape index (κ1) is 15.4. The van der Waals surface area contributed by atoms with Gasteiger partial charge in [0, 0.05) is 6.61 Å². The lowest BCUT2D eigenvalue weighted by Gasteiger charge is -2.30. The molecule has 0 radical (unpaired) electrons. The highest BCUT2D eigenvalue weighted by Gasteiger charge is 2.33. The number of rotatable bonds is 6. The molecule has 106 valence electrons. The summed E-state index contributed by atoms with van der Waals surface area (Å²) in [5.41, 5.74) is 5.45. The van der Waals surface area contributed by atoms with Crippen LogP contribution in [-0.2, 0) is 10.3 Å². The predicted molar refractivity (Wildman–Crippen MR) is 72.0 cm³/mol. The smallest absolute Gasteiger partial charge is 0.341 e. The maximum Gasteiger partial charge on any atom is 0.341 e. The molecule has 0 aliphatic carbocycles. The summed E-state index contributed by atoms with van der Waals surface area (Å²) in [7, 11) is 0. The SMILES string of the molecule is CCOC(CC)(CC)c1nc(C)c(C(=O)O)c(N)n1. The van der Waals surface area contributed by atoms with E-state index in [4.69, 9.17) is 15.6 Å². The quantitative estimate of drug-likeness (QED) is 0.819. The van der Waals surface area contributed by atoms with Crippen LogP contribution in [0.4, 0.5) is 5.82 Å². The van der Waals surface area contributed by atoms with Crippen molar-refractivity contribution in [3.8, 4) is 0 Å². The Morgan fingerprint density at radius 1 is 1.32 bits per heavy atom. The van der Waals surface area contributed by atoms with Crippen LogP contribution in [0, 0.1) is 6.92 Å². The van der Waals surface area contributed by atoms with Gasteiger partial charge < -0.3 is 15.6 Å². The summed E-state index contributed by atoms with van der Waals surface area (Å²) in [5.74, 6) is -0.670. The van der Waals surface area contributed by atoms with Crippen molar-refractivity contribution in [3.05, 3.63) is 17.1 Å². The maximum absolute atomic E-state index is 11.1. The second-order valence-electron chi connectivity index (χ2n) is 4.33. The lowest BCUT2D eigenvalue weighted by atomic mass is 9.95. The highest BCUT2D eigenvalue weighted by molar-refractivity contribution is 5.93.